The number of hydrogen-bond acceptors (Lipinski definition) is 8. The summed E-state index contributed by atoms with van der Waals surface area (Å²) in [6.45, 7) is 5.23. The highest BCUT2D eigenvalue weighted by molar-refractivity contribution is 7.09. The molecule has 1 aliphatic heterocycles. The van der Waals surface area contributed by atoms with Crippen molar-refractivity contribution in [2.45, 2.75) is 38.8 Å². The van der Waals surface area contributed by atoms with Gasteiger partial charge in [-0.25, -0.2) is 0 Å². The number of rotatable bonds is 6. The lowest BCUT2D eigenvalue weighted by Gasteiger charge is -2.31. The second-order valence-electron chi connectivity index (χ2n) is 6.70. The van der Waals surface area contributed by atoms with Gasteiger partial charge >= 0.3 is 0 Å². The number of ether oxygens (including phenoxy) is 1. The van der Waals surface area contributed by atoms with Gasteiger partial charge < -0.3 is 13.7 Å². The van der Waals surface area contributed by atoms with Crippen LogP contribution in [-0.4, -0.2) is 39.8 Å². The third kappa shape index (κ3) is 3.72. The summed E-state index contributed by atoms with van der Waals surface area (Å²) in [5, 5.41) is 8.40. The predicted molar refractivity (Wildman–Crippen MR) is 96.8 cm³/mol. The molecule has 138 valence electrons. The molecule has 0 N–H and O–H groups in total. The highest BCUT2D eigenvalue weighted by atomic mass is 32.1. The Morgan fingerprint density at radius 3 is 3.04 bits per heavy atom. The smallest absolute Gasteiger partial charge is 0.180 e. The van der Waals surface area contributed by atoms with Gasteiger partial charge in [-0.1, -0.05) is 9.64 Å². The van der Waals surface area contributed by atoms with Gasteiger partial charge in [0.15, 0.2) is 5.76 Å². The largest absolute Gasteiger partial charge is 0.462 e. The van der Waals surface area contributed by atoms with E-state index in [4.69, 9.17) is 13.7 Å². The Labute approximate surface area is 156 Å². The van der Waals surface area contributed by atoms with Crippen molar-refractivity contribution in [1.82, 2.24) is 19.6 Å². The number of likely N-dealkylation sites (tertiary alicyclic amines) is 1. The number of piperidine rings is 1. The van der Waals surface area contributed by atoms with Crippen molar-refractivity contribution in [3.05, 3.63) is 41.1 Å². The SMILES string of the molecule is COCc1ccc(CN2CCC[C@@H](c3nnsc3-c3cc(C)no3)C2)o1. The first-order chi connectivity index (χ1) is 12.7. The molecule has 4 heterocycles. The molecule has 1 atom stereocenters. The van der Waals surface area contributed by atoms with Gasteiger partial charge in [0.2, 0.25) is 0 Å². The first-order valence-electron chi connectivity index (χ1n) is 8.77. The Hall–Kier alpha value is -2.03. The first kappa shape index (κ1) is 17.4. The van der Waals surface area contributed by atoms with E-state index < -0.39 is 0 Å². The highest BCUT2D eigenvalue weighted by Crippen LogP contribution is 2.35. The summed E-state index contributed by atoms with van der Waals surface area (Å²) in [5.41, 5.74) is 1.89. The molecule has 8 heteroatoms. The minimum Gasteiger partial charge on any atom is -0.462 e. The van der Waals surface area contributed by atoms with Crippen molar-refractivity contribution >= 4 is 11.5 Å². The molecule has 7 nitrogen and oxygen atoms in total. The van der Waals surface area contributed by atoms with Crippen LogP contribution in [0.4, 0.5) is 0 Å². The van der Waals surface area contributed by atoms with E-state index in [1.54, 1.807) is 7.11 Å². The van der Waals surface area contributed by atoms with Gasteiger partial charge in [-0.3, -0.25) is 4.90 Å². The fourth-order valence-electron chi connectivity index (χ4n) is 3.48. The normalized spacial score (nSPS) is 18.5. The van der Waals surface area contributed by atoms with Crippen LogP contribution in [0, 0.1) is 6.92 Å². The molecule has 0 aliphatic carbocycles. The maximum Gasteiger partial charge on any atom is 0.180 e. The molecule has 3 aromatic rings. The van der Waals surface area contributed by atoms with E-state index in [2.05, 4.69) is 19.6 Å². The van der Waals surface area contributed by atoms with Crippen molar-refractivity contribution in [1.29, 1.82) is 0 Å². The van der Waals surface area contributed by atoms with Gasteiger partial charge in [0.1, 0.15) is 23.0 Å². The molecule has 0 aromatic carbocycles. The van der Waals surface area contributed by atoms with Crippen LogP contribution in [0.2, 0.25) is 0 Å². The van der Waals surface area contributed by atoms with Gasteiger partial charge in [0, 0.05) is 25.6 Å². The Balaban J connectivity index is 1.46. The molecule has 1 saturated heterocycles. The van der Waals surface area contributed by atoms with Crippen LogP contribution in [0.3, 0.4) is 0 Å². The lowest BCUT2D eigenvalue weighted by atomic mass is 9.93. The van der Waals surface area contributed by atoms with Gasteiger partial charge in [0.05, 0.1) is 17.9 Å². The highest BCUT2D eigenvalue weighted by Gasteiger charge is 2.28. The molecule has 0 amide bonds. The number of hydrogen-bond donors (Lipinski definition) is 0. The fourth-order valence-corrected chi connectivity index (χ4v) is 4.17. The van der Waals surface area contributed by atoms with E-state index in [0.717, 1.165) is 66.0 Å². The van der Waals surface area contributed by atoms with Crippen molar-refractivity contribution in [2.24, 2.45) is 0 Å². The predicted octanol–water partition coefficient (Wildman–Crippen LogP) is 3.62. The number of nitrogens with zero attached hydrogens (tertiary/aromatic N) is 4. The number of aromatic nitrogens is 3. The van der Waals surface area contributed by atoms with Crippen LogP contribution in [0.25, 0.3) is 10.6 Å². The van der Waals surface area contributed by atoms with Gasteiger partial charge in [-0.15, -0.1) is 5.10 Å². The Kier molecular flexibility index (Phi) is 5.14. The lowest BCUT2D eigenvalue weighted by molar-refractivity contribution is 0.153. The van der Waals surface area contributed by atoms with Gasteiger partial charge in [-0.05, 0) is 50.0 Å². The summed E-state index contributed by atoms with van der Waals surface area (Å²) in [6, 6.07) is 5.96. The van der Waals surface area contributed by atoms with Gasteiger partial charge in [0.25, 0.3) is 0 Å². The molecule has 1 fully saturated rings. The molecule has 0 saturated carbocycles. The third-order valence-corrected chi connectivity index (χ3v) is 5.40. The molecule has 4 rings (SSSR count). The molecule has 1 aliphatic rings. The zero-order valence-corrected chi connectivity index (χ0v) is 15.8. The summed E-state index contributed by atoms with van der Waals surface area (Å²) in [4.78, 5) is 3.41. The van der Waals surface area contributed by atoms with E-state index in [1.807, 2.05) is 25.1 Å². The lowest BCUT2D eigenvalue weighted by Crippen LogP contribution is -2.34. The van der Waals surface area contributed by atoms with E-state index in [-0.39, 0.29) is 0 Å². The minimum atomic E-state index is 0.344. The monoisotopic (exact) mass is 374 g/mol. The molecule has 0 unspecified atom stereocenters. The summed E-state index contributed by atoms with van der Waals surface area (Å²) < 4.78 is 20.5. The molecule has 0 radical (unpaired) electrons. The van der Waals surface area contributed by atoms with Crippen LogP contribution in [0.15, 0.2) is 27.1 Å². The summed E-state index contributed by atoms with van der Waals surface area (Å²) in [7, 11) is 1.67. The molecule has 26 heavy (non-hydrogen) atoms. The average molecular weight is 374 g/mol. The summed E-state index contributed by atoms with van der Waals surface area (Å²) in [5.74, 6) is 2.94. The molecule has 0 bridgehead atoms. The second-order valence-corrected chi connectivity index (χ2v) is 7.45. The number of furan rings is 1. The fraction of sp³-hybridized carbons (Fsp3) is 0.500. The molecule has 0 spiro atoms. The number of aryl methyl sites for hydroxylation is 1. The summed E-state index contributed by atoms with van der Waals surface area (Å²) in [6.07, 6.45) is 2.23. The Bertz CT molecular complexity index is 856. The van der Waals surface area contributed by atoms with E-state index in [0.29, 0.717) is 12.5 Å². The van der Waals surface area contributed by atoms with Crippen molar-refractivity contribution in [3.63, 3.8) is 0 Å². The van der Waals surface area contributed by atoms with E-state index in [1.165, 1.54) is 11.5 Å². The van der Waals surface area contributed by atoms with Crippen molar-refractivity contribution in [3.8, 4) is 10.6 Å². The first-order valence-corrected chi connectivity index (χ1v) is 9.55. The molecule has 3 aromatic heterocycles. The van der Waals surface area contributed by atoms with E-state index in [9.17, 15) is 0 Å². The maximum absolute atomic E-state index is 5.83. The standard InChI is InChI=1S/C18H22N4O3S/c1-12-8-16(25-20-12)18-17(19-21-26-18)13-4-3-7-22(9-13)10-14-5-6-15(24-14)11-23-2/h5-6,8,13H,3-4,7,9-11H2,1-2H3/t13-/m1/s1. The van der Waals surface area contributed by atoms with Crippen molar-refractivity contribution in [2.75, 3.05) is 20.2 Å². The number of methoxy groups -OCH3 is 1. The van der Waals surface area contributed by atoms with Crippen molar-refractivity contribution < 1.29 is 13.7 Å². The van der Waals surface area contributed by atoms with Crippen LogP contribution < -0.4 is 0 Å². The average Bonchev–Trinajstić information content (AvgIpc) is 3.36. The summed E-state index contributed by atoms with van der Waals surface area (Å²) >= 11 is 1.38. The third-order valence-electron chi connectivity index (χ3n) is 4.64. The van der Waals surface area contributed by atoms with Crippen LogP contribution in [0.5, 0.6) is 0 Å². The topological polar surface area (TPSA) is 77.4 Å². The van der Waals surface area contributed by atoms with Crippen LogP contribution >= 0.6 is 11.5 Å². The van der Waals surface area contributed by atoms with E-state index >= 15 is 0 Å². The minimum absolute atomic E-state index is 0.344. The second kappa shape index (κ2) is 7.69. The molecular weight excluding hydrogens is 352 g/mol. The Morgan fingerprint density at radius 1 is 1.35 bits per heavy atom. The van der Waals surface area contributed by atoms with Crippen LogP contribution in [-0.2, 0) is 17.9 Å². The zero-order chi connectivity index (χ0) is 17.9. The van der Waals surface area contributed by atoms with Gasteiger partial charge in [-0.2, -0.15) is 0 Å². The zero-order valence-electron chi connectivity index (χ0n) is 15.0. The maximum atomic E-state index is 5.83. The van der Waals surface area contributed by atoms with Crippen LogP contribution in [0.1, 0.15) is 41.7 Å². The quantitative estimate of drug-likeness (QED) is 0.652. The molecular formula is C18H22N4O3S. The Morgan fingerprint density at radius 2 is 2.23 bits per heavy atom.